The lowest BCUT2D eigenvalue weighted by atomic mass is 10.4. The molecule has 0 aliphatic rings. The molecule has 1 amide bonds. The van der Waals surface area contributed by atoms with Gasteiger partial charge in [0.15, 0.2) is 0 Å². The Morgan fingerprint density at radius 1 is 1.58 bits per heavy atom. The van der Waals surface area contributed by atoms with Crippen molar-refractivity contribution in [1.29, 1.82) is 0 Å². The zero-order chi connectivity index (χ0) is 9.19. The van der Waals surface area contributed by atoms with E-state index in [2.05, 4.69) is 9.97 Å². The van der Waals surface area contributed by atoms with Crippen molar-refractivity contribution in [2.24, 2.45) is 0 Å². The molecule has 1 rings (SSSR count). The third-order valence-electron chi connectivity index (χ3n) is 0.998. The number of carbonyl (C=O) groups is 1. The van der Waals surface area contributed by atoms with Crippen LogP contribution in [0.4, 0.5) is 13.2 Å². The summed E-state index contributed by atoms with van der Waals surface area (Å²) in [6.45, 7) is 0. The van der Waals surface area contributed by atoms with Crippen molar-refractivity contribution < 1.29 is 18.0 Å². The highest BCUT2D eigenvalue weighted by molar-refractivity contribution is 5.92. The van der Waals surface area contributed by atoms with Crippen LogP contribution in [0.15, 0.2) is 12.5 Å². The average Bonchev–Trinajstić information content (AvgIpc) is 2.32. The molecule has 0 atom stereocenters. The lowest BCUT2D eigenvalue weighted by Crippen LogP contribution is -2.37. The van der Waals surface area contributed by atoms with Gasteiger partial charge in [-0.1, -0.05) is 0 Å². The number of aromatic nitrogens is 2. The molecule has 0 aliphatic heterocycles. The second-order valence-corrected chi connectivity index (χ2v) is 1.92. The predicted molar refractivity (Wildman–Crippen MR) is 32.1 cm³/mol. The van der Waals surface area contributed by atoms with E-state index < -0.39 is 12.2 Å². The molecule has 1 aromatic heterocycles. The highest BCUT2D eigenvalue weighted by Gasteiger charge is 2.30. The molecule has 0 fully saturated rings. The molecule has 0 aromatic carbocycles. The molecule has 12 heavy (non-hydrogen) atoms. The summed E-state index contributed by atoms with van der Waals surface area (Å²) in [5.74, 6) is -1.25. The fourth-order valence-electron chi connectivity index (χ4n) is 0.576. The monoisotopic (exact) mass is 179 g/mol. The van der Waals surface area contributed by atoms with Gasteiger partial charge in [-0.2, -0.15) is 13.2 Å². The van der Waals surface area contributed by atoms with E-state index in [1.54, 1.807) is 0 Å². The zero-order valence-corrected chi connectivity index (χ0v) is 5.64. The second kappa shape index (κ2) is 2.84. The van der Waals surface area contributed by atoms with Gasteiger partial charge in [-0.05, 0) is 0 Å². The van der Waals surface area contributed by atoms with Crippen LogP contribution in [0.25, 0.3) is 0 Å². The summed E-state index contributed by atoms with van der Waals surface area (Å²) in [5.41, 5.74) is -0.229. The minimum Gasteiger partial charge on any atom is -0.341 e. The van der Waals surface area contributed by atoms with Crippen molar-refractivity contribution >= 4 is 5.91 Å². The molecule has 0 saturated heterocycles. The van der Waals surface area contributed by atoms with Crippen LogP contribution in [-0.4, -0.2) is 22.2 Å². The first-order chi connectivity index (χ1) is 5.49. The number of nitrogens with zero attached hydrogens (tertiary/aromatic N) is 1. The van der Waals surface area contributed by atoms with Crippen LogP contribution in [0.5, 0.6) is 0 Å². The van der Waals surface area contributed by atoms with Crippen LogP contribution in [0.1, 0.15) is 10.5 Å². The molecule has 1 heterocycles. The van der Waals surface area contributed by atoms with Gasteiger partial charge in [-0.3, -0.25) is 10.1 Å². The molecule has 0 bridgehead atoms. The number of imidazole rings is 1. The molecule has 0 unspecified atom stereocenters. The third kappa shape index (κ3) is 2.26. The van der Waals surface area contributed by atoms with Crippen molar-refractivity contribution in [1.82, 2.24) is 15.3 Å². The Labute approximate surface area is 64.8 Å². The van der Waals surface area contributed by atoms with Crippen LogP contribution in [0.2, 0.25) is 0 Å². The molecular formula is C5H4F3N3O. The normalized spacial score (nSPS) is 11.2. The van der Waals surface area contributed by atoms with Gasteiger partial charge >= 0.3 is 6.30 Å². The van der Waals surface area contributed by atoms with E-state index in [1.807, 2.05) is 0 Å². The van der Waals surface area contributed by atoms with Gasteiger partial charge in [0.05, 0.1) is 12.5 Å². The molecular weight excluding hydrogens is 175 g/mol. The van der Waals surface area contributed by atoms with Crippen molar-refractivity contribution in [2.45, 2.75) is 6.30 Å². The fraction of sp³-hybridized carbons (Fsp3) is 0.200. The summed E-state index contributed by atoms with van der Waals surface area (Å²) >= 11 is 0. The van der Waals surface area contributed by atoms with Gasteiger partial charge in [0.2, 0.25) is 0 Å². The van der Waals surface area contributed by atoms with E-state index in [4.69, 9.17) is 0 Å². The smallest absolute Gasteiger partial charge is 0.341 e. The van der Waals surface area contributed by atoms with Crippen molar-refractivity contribution in [3.63, 3.8) is 0 Å². The van der Waals surface area contributed by atoms with Gasteiger partial charge in [0.25, 0.3) is 5.91 Å². The number of rotatable bonds is 1. The maximum atomic E-state index is 11.5. The van der Waals surface area contributed by atoms with Gasteiger partial charge in [-0.25, -0.2) is 4.98 Å². The molecule has 66 valence electrons. The first-order valence-corrected chi connectivity index (χ1v) is 2.86. The van der Waals surface area contributed by atoms with E-state index >= 15 is 0 Å². The molecule has 1 aromatic rings. The number of aromatic amines is 1. The number of amides is 1. The Kier molecular flexibility index (Phi) is 2.03. The van der Waals surface area contributed by atoms with E-state index in [9.17, 15) is 18.0 Å². The summed E-state index contributed by atoms with van der Waals surface area (Å²) in [6, 6.07) is 0. The molecule has 7 heteroatoms. The van der Waals surface area contributed by atoms with Crippen LogP contribution in [0.3, 0.4) is 0 Å². The number of halogens is 3. The minimum atomic E-state index is -4.71. The van der Waals surface area contributed by atoms with Gasteiger partial charge < -0.3 is 4.98 Å². The highest BCUT2D eigenvalue weighted by atomic mass is 19.4. The van der Waals surface area contributed by atoms with E-state index in [0.717, 1.165) is 17.8 Å². The lowest BCUT2D eigenvalue weighted by Gasteiger charge is -2.05. The number of hydrogen-bond acceptors (Lipinski definition) is 2. The summed E-state index contributed by atoms with van der Waals surface area (Å²) in [7, 11) is 0. The lowest BCUT2D eigenvalue weighted by molar-refractivity contribution is -0.146. The Morgan fingerprint density at radius 2 is 2.25 bits per heavy atom. The van der Waals surface area contributed by atoms with Crippen LogP contribution in [0, 0.1) is 0 Å². The molecule has 0 aliphatic carbocycles. The van der Waals surface area contributed by atoms with Crippen molar-refractivity contribution in [3.8, 4) is 0 Å². The quantitative estimate of drug-likeness (QED) is 0.622. The third-order valence-corrected chi connectivity index (χ3v) is 0.998. The maximum absolute atomic E-state index is 11.5. The second-order valence-electron chi connectivity index (χ2n) is 1.92. The average molecular weight is 179 g/mol. The number of carbonyl (C=O) groups excluding carboxylic acids is 1. The zero-order valence-electron chi connectivity index (χ0n) is 5.64. The fourth-order valence-corrected chi connectivity index (χ4v) is 0.576. The van der Waals surface area contributed by atoms with E-state index in [-0.39, 0.29) is 5.69 Å². The molecule has 4 nitrogen and oxygen atoms in total. The first kappa shape index (κ1) is 8.57. The van der Waals surface area contributed by atoms with E-state index in [1.165, 1.54) is 0 Å². The number of alkyl halides is 3. The Bertz CT molecular complexity index is 266. The summed E-state index contributed by atoms with van der Waals surface area (Å²) in [5, 5.41) is 0.811. The minimum absolute atomic E-state index is 0.229. The van der Waals surface area contributed by atoms with Gasteiger partial charge in [0, 0.05) is 0 Å². The Balaban J connectivity index is 2.63. The topological polar surface area (TPSA) is 57.8 Å². The Hall–Kier alpha value is -1.53. The van der Waals surface area contributed by atoms with Crippen LogP contribution in [-0.2, 0) is 0 Å². The summed E-state index contributed by atoms with van der Waals surface area (Å²) in [6.07, 6.45) is -2.59. The van der Waals surface area contributed by atoms with E-state index in [0.29, 0.717) is 0 Å². The van der Waals surface area contributed by atoms with Crippen molar-refractivity contribution in [2.75, 3.05) is 0 Å². The summed E-state index contributed by atoms with van der Waals surface area (Å²) < 4.78 is 34.6. The first-order valence-electron chi connectivity index (χ1n) is 2.86. The number of hydrogen-bond donors (Lipinski definition) is 2. The van der Waals surface area contributed by atoms with Crippen LogP contribution >= 0.6 is 0 Å². The molecule has 0 radical (unpaired) electrons. The van der Waals surface area contributed by atoms with Crippen molar-refractivity contribution in [3.05, 3.63) is 18.2 Å². The van der Waals surface area contributed by atoms with Crippen LogP contribution < -0.4 is 5.32 Å². The number of H-pyrrole nitrogens is 1. The SMILES string of the molecule is O=C(NC(F)(F)F)c1cnc[nH]1. The summed E-state index contributed by atoms with van der Waals surface area (Å²) in [4.78, 5) is 16.2. The molecule has 0 spiro atoms. The highest BCUT2D eigenvalue weighted by Crippen LogP contribution is 2.10. The van der Waals surface area contributed by atoms with Gasteiger partial charge in [-0.15, -0.1) is 0 Å². The van der Waals surface area contributed by atoms with Gasteiger partial charge in [0.1, 0.15) is 5.69 Å². The number of nitrogens with one attached hydrogen (secondary N) is 2. The standard InChI is InChI=1S/C5H4F3N3O/c6-5(7,8)11-4(12)3-1-9-2-10-3/h1-2H,(H,9,10)(H,11,12). The maximum Gasteiger partial charge on any atom is 0.484 e. The molecule has 2 N–H and O–H groups in total. The largest absolute Gasteiger partial charge is 0.484 e. The molecule has 0 saturated carbocycles. The predicted octanol–water partition coefficient (Wildman–Crippen LogP) is 0.659. The Morgan fingerprint density at radius 3 is 2.67 bits per heavy atom.